The fourth-order valence-corrected chi connectivity index (χ4v) is 2.74. The number of ether oxygens (including phenoxy) is 1. The molecule has 0 heterocycles. The molecule has 0 aliphatic carbocycles. The van der Waals surface area contributed by atoms with E-state index in [4.69, 9.17) is 4.74 Å². The highest BCUT2D eigenvalue weighted by Crippen LogP contribution is 2.25. The van der Waals surface area contributed by atoms with Crippen molar-refractivity contribution in [3.05, 3.63) is 23.8 Å². The number of unbranched alkanes of at least 4 members (excludes halogenated alkanes) is 1. The Bertz CT molecular complexity index is 593. The zero-order valence-corrected chi connectivity index (χ0v) is 19.6. The second-order valence-corrected chi connectivity index (χ2v) is 6.44. The predicted octanol–water partition coefficient (Wildman–Crippen LogP) is 4.15. The summed E-state index contributed by atoms with van der Waals surface area (Å²) < 4.78 is 5.29. The molecule has 0 bridgehead atoms. The number of hydrogen-bond acceptors (Lipinski definition) is 3. The third kappa shape index (κ3) is 9.83. The third-order valence-corrected chi connectivity index (χ3v) is 4.36. The zero-order chi connectivity index (χ0) is 19.4. The highest BCUT2D eigenvalue weighted by Gasteiger charge is 2.09. The molecule has 27 heavy (non-hydrogen) atoms. The van der Waals surface area contributed by atoms with Gasteiger partial charge in [-0.3, -0.25) is 9.79 Å². The maximum absolute atomic E-state index is 11.3. The Kier molecular flexibility index (Phi) is 13.7. The van der Waals surface area contributed by atoms with Gasteiger partial charge in [0.15, 0.2) is 5.96 Å². The normalized spacial score (nSPS) is 12.0. The first-order valence-electron chi connectivity index (χ1n) is 9.42. The van der Waals surface area contributed by atoms with Crippen molar-refractivity contribution < 1.29 is 9.53 Å². The van der Waals surface area contributed by atoms with Crippen LogP contribution >= 0.6 is 24.0 Å². The summed E-state index contributed by atoms with van der Waals surface area (Å²) in [6, 6.07) is 5.74. The van der Waals surface area contributed by atoms with E-state index in [-0.39, 0.29) is 29.9 Å². The van der Waals surface area contributed by atoms with Crippen molar-refractivity contribution in [3.8, 4) is 5.75 Å². The topological polar surface area (TPSA) is 74.8 Å². The Morgan fingerprint density at radius 1 is 1.26 bits per heavy atom. The van der Waals surface area contributed by atoms with E-state index in [1.54, 1.807) is 14.2 Å². The van der Waals surface area contributed by atoms with Crippen molar-refractivity contribution in [2.24, 2.45) is 10.9 Å². The standard InChI is InChI=1S/C20H34N4O2.HI/c1-6-8-9-16(7-2)13-22-20(21-4)23-14-17-10-11-19(26-5)18(12-17)24-15(3)25;/h10-12,16H,6-9,13-14H2,1-5H3,(H,24,25)(H2,21,22,23);1H. The van der Waals surface area contributed by atoms with E-state index in [2.05, 4.69) is 34.8 Å². The molecule has 1 aromatic carbocycles. The largest absolute Gasteiger partial charge is 0.495 e. The summed E-state index contributed by atoms with van der Waals surface area (Å²) in [4.78, 5) is 15.6. The molecular weight excluding hydrogens is 455 g/mol. The predicted molar refractivity (Wildman–Crippen MR) is 124 cm³/mol. The van der Waals surface area contributed by atoms with Crippen molar-refractivity contribution in [2.75, 3.05) is 26.0 Å². The maximum Gasteiger partial charge on any atom is 0.221 e. The molecule has 1 atom stereocenters. The highest BCUT2D eigenvalue weighted by atomic mass is 127. The summed E-state index contributed by atoms with van der Waals surface area (Å²) in [5, 5.41) is 9.53. The summed E-state index contributed by atoms with van der Waals surface area (Å²) in [6.07, 6.45) is 4.92. The van der Waals surface area contributed by atoms with E-state index >= 15 is 0 Å². The fraction of sp³-hybridized carbons (Fsp3) is 0.600. The average Bonchev–Trinajstić information content (AvgIpc) is 2.63. The van der Waals surface area contributed by atoms with E-state index in [1.807, 2.05) is 18.2 Å². The van der Waals surface area contributed by atoms with Gasteiger partial charge in [0, 0.05) is 27.1 Å². The minimum atomic E-state index is -0.122. The lowest BCUT2D eigenvalue weighted by molar-refractivity contribution is -0.114. The molecule has 1 aromatic rings. The van der Waals surface area contributed by atoms with E-state index in [0.717, 1.165) is 18.1 Å². The second kappa shape index (κ2) is 14.5. The van der Waals surface area contributed by atoms with Crippen LogP contribution in [0.5, 0.6) is 5.75 Å². The van der Waals surface area contributed by atoms with Crippen LogP contribution in [0.15, 0.2) is 23.2 Å². The van der Waals surface area contributed by atoms with Gasteiger partial charge in [-0.25, -0.2) is 0 Å². The SMILES string of the molecule is CCCCC(CC)CNC(=NC)NCc1ccc(OC)c(NC(C)=O)c1.I. The molecule has 3 N–H and O–H groups in total. The molecule has 0 radical (unpaired) electrons. The number of amides is 1. The summed E-state index contributed by atoms with van der Waals surface area (Å²) in [7, 11) is 3.37. The lowest BCUT2D eigenvalue weighted by Gasteiger charge is -2.18. The molecule has 0 aliphatic rings. The third-order valence-electron chi connectivity index (χ3n) is 4.36. The number of methoxy groups -OCH3 is 1. The fourth-order valence-electron chi connectivity index (χ4n) is 2.74. The number of rotatable bonds is 10. The van der Waals surface area contributed by atoms with Crippen LogP contribution in [0.1, 0.15) is 52.0 Å². The Balaban J connectivity index is 0.00000676. The van der Waals surface area contributed by atoms with Crippen LogP contribution in [0.3, 0.4) is 0 Å². The summed E-state index contributed by atoms with van der Waals surface area (Å²) in [6.45, 7) is 7.49. The molecule has 1 rings (SSSR count). The zero-order valence-electron chi connectivity index (χ0n) is 17.2. The number of guanidine groups is 1. The Morgan fingerprint density at radius 2 is 2.00 bits per heavy atom. The Morgan fingerprint density at radius 3 is 2.56 bits per heavy atom. The minimum absolute atomic E-state index is 0. The monoisotopic (exact) mass is 490 g/mol. The second-order valence-electron chi connectivity index (χ2n) is 6.44. The van der Waals surface area contributed by atoms with Gasteiger partial charge in [-0.2, -0.15) is 0 Å². The van der Waals surface area contributed by atoms with Crippen LogP contribution in [-0.4, -0.2) is 32.6 Å². The number of aliphatic imine (C=N–C) groups is 1. The number of hydrogen-bond donors (Lipinski definition) is 3. The van der Waals surface area contributed by atoms with Crippen LogP contribution in [0.25, 0.3) is 0 Å². The molecule has 1 unspecified atom stereocenters. The first kappa shape index (κ1) is 25.5. The van der Waals surface area contributed by atoms with Gasteiger partial charge in [0.25, 0.3) is 0 Å². The number of carbonyl (C=O) groups excluding carboxylic acids is 1. The molecule has 6 nitrogen and oxygen atoms in total. The first-order chi connectivity index (χ1) is 12.5. The quantitative estimate of drug-likeness (QED) is 0.262. The Labute approximate surface area is 181 Å². The summed E-state index contributed by atoms with van der Waals surface area (Å²) in [5.74, 6) is 1.98. The van der Waals surface area contributed by atoms with E-state index < -0.39 is 0 Å². The molecule has 0 aliphatic heterocycles. The molecular formula is C20H35IN4O2. The van der Waals surface area contributed by atoms with Gasteiger partial charge in [-0.1, -0.05) is 39.2 Å². The molecule has 0 saturated carbocycles. The Hall–Kier alpha value is -1.51. The molecule has 0 spiro atoms. The molecule has 1 amide bonds. The minimum Gasteiger partial charge on any atom is -0.495 e. The van der Waals surface area contributed by atoms with E-state index in [0.29, 0.717) is 23.9 Å². The van der Waals surface area contributed by atoms with Gasteiger partial charge >= 0.3 is 0 Å². The number of nitrogens with one attached hydrogen (secondary N) is 3. The number of anilines is 1. The lowest BCUT2D eigenvalue weighted by atomic mass is 9.99. The molecule has 154 valence electrons. The van der Waals surface area contributed by atoms with Crippen LogP contribution in [0.2, 0.25) is 0 Å². The van der Waals surface area contributed by atoms with Crippen molar-refractivity contribution in [3.63, 3.8) is 0 Å². The number of benzene rings is 1. The van der Waals surface area contributed by atoms with E-state index in [9.17, 15) is 4.79 Å². The van der Waals surface area contributed by atoms with Gasteiger partial charge in [0.1, 0.15) is 5.75 Å². The van der Waals surface area contributed by atoms with E-state index in [1.165, 1.54) is 32.6 Å². The molecule has 0 aromatic heterocycles. The summed E-state index contributed by atoms with van der Waals surface area (Å²) >= 11 is 0. The van der Waals surface area contributed by atoms with Crippen molar-refractivity contribution in [1.82, 2.24) is 10.6 Å². The molecule has 0 saturated heterocycles. The van der Waals surface area contributed by atoms with Gasteiger partial charge in [-0.15, -0.1) is 24.0 Å². The van der Waals surface area contributed by atoms with Crippen molar-refractivity contribution in [1.29, 1.82) is 0 Å². The highest BCUT2D eigenvalue weighted by molar-refractivity contribution is 14.0. The van der Waals surface area contributed by atoms with Crippen LogP contribution < -0.4 is 20.7 Å². The van der Waals surface area contributed by atoms with Crippen molar-refractivity contribution >= 4 is 41.5 Å². The van der Waals surface area contributed by atoms with Gasteiger partial charge in [0.2, 0.25) is 5.91 Å². The summed E-state index contributed by atoms with van der Waals surface area (Å²) in [5.41, 5.74) is 1.71. The van der Waals surface area contributed by atoms with Crippen LogP contribution in [-0.2, 0) is 11.3 Å². The number of halogens is 1. The average molecular weight is 490 g/mol. The molecule has 0 fully saturated rings. The van der Waals surface area contributed by atoms with Gasteiger partial charge < -0.3 is 20.7 Å². The maximum atomic E-state index is 11.3. The molecule has 7 heteroatoms. The smallest absolute Gasteiger partial charge is 0.221 e. The number of carbonyl (C=O) groups is 1. The lowest BCUT2D eigenvalue weighted by Crippen LogP contribution is -2.39. The van der Waals surface area contributed by atoms with Crippen LogP contribution in [0.4, 0.5) is 5.69 Å². The number of nitrogens with zero attached hydrogens (tertiary/aromatic N) is 1. The van der Waals surface area contributed by atoms with Gasteiger partial charge in [0.05, 0.1) is 12.8 Å². The first-order valence-corrected chi connectivity index (χ1v) is 9.42. The van der Waals surface area contributed by atoms with Crippen LogP contribution in [0, 0.1) is 5.92 Å². The van der Waals surface area contributed by atoms with Crippen molar-refractivity contribution in [2.45, 2.75) is 53.0 Å². The van der Waals surface area contributed by atoms with Gasteiger partial charge in [-0.05, 0) is 30.0 Å².